The molecule has 2 heterocycles. The quantitative estimate of drug-likeness (QED) is 0.849. The second kappa shape index (κ2) is 6.44. The highest BCUT2D eigenvalue weighted by atomic mass is 32.1. The molecule has 1 fully saturated rings. The molecule has 0 amide bonds. The van der Waals surface area contributed by atoms with Gasteiger partial charge in [-0.2, -0.15) is 0 Å². The fourth-order valence-electron chi connectivity index (χ4n) is 2.15. The third-order valence-electron chi connectivity index (χ3n) is 3.23. The van der Waals surface area contributed by atoms with Crippen molar-refractivity contribution in [3.05, 3.63) is 16.1 Å². The Morgan fingerprint density at radius 1 is 1.29 bits per heavy atom. The van der Waals surface area contributed by atoms with Crippen LogP contribution in [-0.4, -0.2) is 54.6 Å². The van der Waals surface area contributed by atoms with E-state index in [-0.39, 0.29) is 0 Å². The average Bonchev–Trinajstić information content (AvgIpc) is 2.78. The van der Waals surface area contributed by atoms with Crippen LogP contribution in [0, 0.1) is 0 Å². The first-order valence-electron chi connectivity index (χ1n) is 6.34. The summed E-state index contributed by atoms with van der Waals surface area (Å²) in [5.74, 6) is 0. The van der Waals surface area contributed by atoms with Crippen molar-refractivity contribution in [2.75, 3.05) is 39.8 Å². The summed E-state index contributed by atoms with van der Waals surface area (Å²) in [7, 11) is 1.96. The molecule has 0 spiro atoms. The van der Waals surface area contributed by atoms with Crippen LogP contribution in [-0.2, 0) is 13.1 Å². The smallest absolute Gasteiger partial charge is 0.107 e. The molecule has 1 aliphatic heterocycles. The molecule has 2 rings (SSSR count). The van der Waals surface area contributed by atoms with Gasteiger partial charge in [0.15, 0.2) is 0 Å². The Labute approximate surface area is 108 Å². The topological polar surface area (TPSA) is 31.4 Å². The molecule has 96 valence electrons. The molecule has 0 unspecified atom stereocenters. The molecule has 0 saturated carbocycles. The second-order valence-corrected chi connectivity index (χ2v) is 5.42. The molecule has 1 aliphatic rings. The molecule has 0 bridgehead atoms. The van der Waals surface area contributed by atoms with E-state index in [9.17, 15) is 0 Å². The van der Waals surface area contributed by atoms with Crippen molar-refractivity contribution < 1.29 is 0 Å². The molecule has 17 heavy (non-hydrogen) atoms. The lowest BCUT2D eigenvalue weighted by Crippen LogP contribution is -2.45. The summed E-state index contributed by atoms with van der Waals surface area (Å²) in [5, 5.41) is 6.52. The number of hydrogen-bond donors (Lipinski definition) is 1. The summed E-state index contributed by atoms with van der Waals surface area (Å²) in [6.07, 6.45) is 0. The summed E-state index contributed by atoms with van der Waals surface area (Å²) < 4.78 is 0. The monoisotopic (exact) mass is 254 g/mol. The number of rotatable bonds is 5. The minimum absolute atomic E-state index is 0.883. The summed E-state index contributed by atoms with van der Waals surface area (Å²) in [5.41, 5.74) is 1.23. The van der Waals surface area contributed by atoms with E-state index in [4.69, 9.17) is 0 Å². The van der Waals surface area contributed by atoms with Crippen LogP contribution in [0.2, 0.25) is 0 Å². The van der Waals surface area contributed by atoms with Crippen molar-refractivity contribution in [1.29, 1.82) is 0 Å². The van der Waals surface area contributed by atoms with E-state index in [2.05, 4.69) is 32.4 Å². The first-order valence-corrected chi connectivity index (χ1v) is 7.22. The SMILES string of the molecule is CCN1CCN(Cc2csc(CNC)n2)CC1. The molecule has 5 heteroatoms. The molecular formula is C12H22N4S. The Morgan fingerprint density at radius 2 is 2.00 bits per heavy atom. The molecule has 0 atom stereocenters. The van der Waals surface area contributed by atoms with E-state index >= 15 is 0 Å². The van der Waals surface area contributed by atoms with Crippen LogP contribution in [0.3, 0.4) is 0 Å². The number of thiazole rings is 1. The zero-order valence-electron chi connectivity index (χ0n) is 10.8. The molecule has 1 aromatic heterocycles. The van der Waals surface area contributed by atoms with Crippen molar-refractivity contribution in [3.63, 3.8) is 0 Å². The van der Waals surface area contributed by atoms with Gasteiger partial charge >= 0.3 is 0 Å². The standard InChI is InChI=1S/C12H22N4S/c1-3-15-4-6-16(7-5-15)9-11-10-17-12(14-11)8-13-2/h10,13H,3-9H2,1-2H3. The van der Waals surface area contributed by atoms with Gasteiger partial charge in [0.05, 0.1) is 5.69 Å². The second-order valence-electron chi connectivity index (χ2n) is 4.47. The molecule has 4 nitrogen and oxygen atoms in total. The van der Waals surface area contributed by atoms with Crippen LogP contribution in [0.1, 0.15) is 17.6 Å². The Balaban J connectivity index is 1.80. The third kappa shape index (κ3) is 3.74. The highest BCUT2D eigenvalue weighted by Gasteiger charge is 2.16. The normalized spacial score (nSPS) is 18.7. The lowest BCUT2D eigenvalue weighted by Gasteiger charge is -2.33. The van der Waals surface area contributed by atoms with Gasteiger partial charge in [-0.25, -0.2) is 4.98 Å². The van der Waals surface area contributed by atoms with Gasteiger partial charge in [0.1, 0.15) is 5.01 Å². The first-order chi connectivity index (χ1) is 8.31. The van der Waals surface area contributed by atoms with Crippen molar-refractivity contribution in [3.8, 4) is 0 Å². The molecular weight excluding hydrogens is 232 g/mol. The highest BCUT2D eigenvalue weighted by Crippen LogP contribution is 2.12. The van der Waals surface area contributed by atoms with Gasteiger partial charge < -0.3 is 10.2 Å². The number of likely N-dealkylation sites (N-methyl/N-ethyl adjacent to an activating group) is 1. The third-order valence-corrected chi connectivity index (χ3v) is 4.12. The van der Waals surface area contributed by atoms with Gasteiger partial charge in [-0.15, -0.1) is 11.3 Å². The van der Waals surface area contributed by atoms with Crippen LogP contribution in [0.5, 0.6) is 0 Å². The van der Waals surface area contributed by atoms with E-state index in [1.165, 1.54) is 43.4 Å². The van der Waals surface area contributed by atoms with Crippen LogP contribution >= 0.6 is 11.3 Å². The molecule has 0 radical (unpaired) electrons. The minimum atomic E-state index is 0.883. The Kier molecular flexibility index (Phi) is 4.91. The van der Waals surface area contributed by atoms with Crippen LogP contribution in [0.4, 0.5) is 0 Å². The van der Waals surface area contributed by atoms with E-state index < -0.39 is 0 Å². The van der Waals surface area contributed by atoms with E-state index in [1.54, 1.807) is 11.3 Å². The van der Waals surface area contributed by atoms with Gasteiger partial charge in [0, 0.05) is 44.6 Å². The predicted molar refractivity (Wildman–Crippen MR) is 72.3 cm³/mol. The Hall–Kier alpha value is -0.490. The average molecular weight is 254 g/mol. The van der Waals surface area contributed by atoms with Crippen molar-refractivity contribution in [1.82, 2.24) is 20.1 Å². The van der Waals surface area contributed by atoms with Crippen LogP contribution in [0.25, 0.3) is 0 Å². The maximum Gasteiger partial charge on any atom is 0.107 e. The van der Waals surface area contributed by atoms with E-state index in [0.717, 1.165) is 13.1 Å². The zero-order valence-corrected chi connectivity index (χ0v) is 11.6. The van der Waals surface area contributed by atoms with Gasteiger partial charge in [-0.3, -0.25) is 4.90 Å². The van der Waals surface area contributed by atoms with Crippen LogP contribution < -0.4 is 5.32 Å². The van der Waals surface area contributed by atoms with Crippen molar-refractivity contribution in [2.45, 2.75) is 20.0 Å². The highest BCUT2D eigenvalue weighted by molar-refractivity contribution is 7.09. The summed E-state index contributed by atoms with van der Waals surface area (Å²) in [4.78, 5) is 9.64. The molecule has 0 aromatic carbocycles. The van der Waals surface area contributed by atoms with Gasteiger partial charge in [-0.1, -0.05) is 6.92 Å². The zero-order chi connectivity index (χ0) is 12.1. The fraction of sp³-hybridized carbons (Fsp3) is 0.750. The summed E-state index contributed by atoms with van der Waals surface area (Å²) >= 11 is 1.76. The first kappa shape index (κ1) is 13.0. The Morgan fingerprint density at radius 3 is 2.65 bits per heavy atom. The molecule has 1 aromatic rings. The number of piperazine rings is 1. The minimum Gasteiger partial charge on any atom is -0.314 e. The predicted octanol–water partition coefficient (Wildman–Crippen LogP) is 1.000. The van der Waals surface area contributed by atoms with E-state index in [1.807, 2.05) is 7.05 Å². The van der Waals surface area contributed by atoms with E-state index in [0.29, 0.717) is 0 Å². The van der Waals surface area contributed by atoms with Crippen LogP contribution in [0.15, 0.2) is 5.38 Å². The largest absolute Gasteiger partial charge is 0.314 e. The number of nitrogens with zero attached hydrogens (tertiary/aromatic N) is 3. The number of hydrogen-bond acceptors (Lipinski definition) is 5. The lowest BCUT2D eigenvalue weighted by atomic mass is 10.3. The number of aromatic nitrogens is 1. The van der Waals surface area contributed by atoms with Crippen molar-refractivity contribution >= 4 is 11.3 Å². The molecule has 0 aliphatic carbocycles. The fourth-order valence-corrected chi connectivity index (χ4v) is 2.94. The maximum atomic E-state index is 4.63. The van der Waals surface area contributed by atoms with Crippen molar-refractivity contribution in [2.24, 2.45) is 0 Å². The molecule has 1 N–H and O–H groups in total. The summed E-state index contributed by atoms with van der Waals surface area (Å²) in [6.45, 7) is 10.1. The maximum absolute atomic E-state index is 4.63. The lowest BCUT2D eigenvalue weighted by molar-refractivity contribution is 0.131. The Bertz CT molecular complexity index is 331. The van der Waals surface area contributed by atoms with Gasteiger partial charge in [-0.05, 0) is 13.6 Å². The molecule has 1 saturated heterocycles. The number of nitrogens with one attached hydrogen (secondary N) is 1. The van der Waals surface area contributed by atoms with Gasteiger partial charge in [0.2, 0.25) is 0 Å². The summed E-state index contributed by atoms with van der Waals surface area (Å²) in [6, 6.07) is 0. The van der Waals surface area contributed by atoms with Gasteiger partial charge in [0.25, 0.3) is 0 Å².